The zero-order valence-corrected chi connectivity index (χ0v) is 12.1. The van der Waals surface area contributed by atoms with E-state index in [1.54, 1.807) is 12.1 Å². The van der Waals surface area contributed by atoms with E-state index in [1.807, 2.05) is 18.2 Å². The van der Waals surface area contributed by atoms with Gasteiger partial charge < -0.3 is 10.5 Å². The third-order valence-electron chi connectivity index (χ3n) is 3.29. The van der Waals surface area contributed by atoms with Gasteiger partial charge in [0.2, 0.25) is 0 Å². The van der Waals surface area contributed by atoms with Gasteiger partial charge in [-0.05, 0) is 56.0 Å². The molecule has 5 nitrogen and oxygen atoms in total. The molecule has 21 heavy (non-hydrogen) atoms. The fraction of sp³-hybridized carbons (Fsp3) is 0.312. The molecule has 1 aliphatic rings. The summed E-state index contributed by atoms with van der Waals surface area (Å²) in [6, 6.07) is 9.26. The van der Waals surface area contributed by atoms with Crippen molar-refractivity contribution >= 4 is 6.21 Å². The van der Waals surface area contributed by atoms with Crippen molar-refractivity contribution in [2.75, 3.05) is 0 Å². The molecule has 0 bridgehead atoms. The van der Waals surface area contributed by atoms with Crippen molar-refractivity contribution in [3.8, 4) is 17.9 Å². The molecular weight excluding hydrogens is 264 g/mol. The van der Waals surface area contributed by atoms with E-state index in [9.17, 15) is 0 Å². The molecule has 106 valence electrons. The van der Waals surface area contributed by atoms with E-state index in [0.717, 1.165) is 29.7 Å². The van der Waals surface area contributed by atoms with Gasteiger partial charge in [0.25, 0.3) is 0 Å². The first-order valence-corrected chi connectivity index (χ1v) is 6.61. The summed E-state index contributed by atoms with van der Waals surface area (Å²) < 4.78 is 5.91. The highest BCUT2D eigenvalue weighted by atomic mass is 16.5. The van der Waals surface area contributed by atoms with Crippen LogP contribution in [0.4, 0.5) is 0 Å². The molecule has 0 saturated carbocycles. The molecule has 1 heterocycles. The Morgan fingerprint density at radius 3 is 2.81 bits per heavy atom. The molecule has 0 radical (unpaired) electrons. The first-order valence-electron chi connectivity index (χ1n) is 6.61. The Kier molecular flexibility index (Phi) is 3.95. The Labute approximate surface area is 124 Å². The van der Waals surface area contributed by atoms with E-state index >= 15 is 0 Å². The molecule has 1 aromatic rings. The van der Waals surface area contributed by atoms with Gasteiger partial charge in [-0.3, -0.25) is 0 Å². The Morgan fingerprint density at radius 1 is 1.38 bits per heavy atom. The number of hydrogen-bond donors (Lipinski definition) is 1. The van der Waals surface area contributed by atoms with Crippen molar-refractivity contribution in [2.24, 2.45) is 10.7 Å². The van der Waals surface area contributed by atoms with Crippen molar-refractivity contribution < 1.29 is 4.74 Å². The summed E-state index contributed by atoms with van der Waals surface area (Å²) in [6.07, 6.45) is 3.42. The normalized spacial score (nSPS) is 17.1. The van der Waals surface area contributed by atoms with Gasteiger partial charge in [0.15, 0.2) is 5.70 Å². The number of rotatable bonds is 2. The Hall–Kier alpha value is -2.79. The van der Waals surface area contributed by atoms with Gasteiger partial charge in [-0.1, -0.05) is 0 Å². The van der Waals surface area contributed by atoms with Gasteiger partial charge in [-0.25, -0.2) is 4.99 Å². The average Bonchev–Trinajstić information content (AvgIpc) is 2.46. The van der Waals surface area contributed by atoms with Crippen LogP contribution in [0, 0.1) is 22.7 Å². The summed E-state index contributed by atoms with van der Waals surface area (Å²) in [5, 5.41) is 17.5. The molecule has 0 fully saturated rings. The predicted octanol–water partition coefficient (Wildman–Crippen LogP) is 2.43. The van der Waals surface area contributed by atoms with Crippen molar-refractivity contribution in [2.45, 2.75) is 32.3 Å². The molecule has 0 amide bonds. The minimum Gasteiger partial charge on any atom is -0.488 e. The molecule has 2 N–H and O–H groups in total. The molecule has 1 aliphatic heterocycles. The number of aliphatic imine (C=N–C) groups is 1. The fourth-order valence-electron chi connectivity index (χ4n) is 2.11. The molecule has 0 atom stereocenters. The van der Waals surface area contributed by atoms with E-state index in [1.165, 1.54) is 6.21 Å². The van der Waals surface area contributed by atoms with Gasteiger partial charge in [-0.2, -0.15) is 10.5 Å². The standard InChI is InChI=1S/C16H16N4O/c1-16(2)6-5-12-7-11(3-4-15(12)21-16)10-20-14(9-18)13(19)8-17/h3-4,7,10H,5-6,19H2,1-2H3/b14-13+,20-10?. The number of allylic oxidation sites excluding steroid dienone is 2. The highest BCUT2D eigenvalue weighted by molar-refractivity contribution is 5.81. The van der Waals surface area contributed by atoms with Gasteiger partial charge in [-0.15, -0.1) is 0 Å². The summed E-state index contributed by atoms with van der Waals surface area (Å²) in [5.41, 5.74) is 6.96. The topological polar surface area (TPSA) is 95.2 Å². The first-order chi connectivity index (χ1) is 9.95. The molecule has 0 aromatic heterocycles. The van der Waals surface area contributed by atoms with Gasteiger partial charge in [0.1, 0.15) is 29.2 Å². The summed E-state index contributed by atoms with van der Waals surface area (Å²) in [6.45, 7) is 4.14. The average molecular weight is 280 g/mol. The molecular formula is C16H16N4O. The number of aryl methyl sites for hydroxylation is 1. The highest BCUT2D eigenvalue weighted by Gasteiger charge is 2.26. The number of nitriles is 2. The smallest absolute Gasteiger partial charge is 0.174 e. The van der Waals surface area contributed by atoms with Crippen LogP contribution in [0.3, 0.4) is 0 Å². The lowest BCUT2D eigenvalue weighted by molar-refractivity contribution is 0.0847. The first kappa shape index (κ1) is 14.6. The van der Waals surface area contributed by atoms with Crippen LogP contribution in [0.25, 0.3) is 0 Å². The maximum absolute atomic E-state index is 8.88. The van der Waals surface area contributed by atoms with Gasteiger partial charge in [0.05, 0.1) is 0 Å². The summed E-state index contributed by atoms with van der Waals surface area (Å²) >= 11 is 0. The molecule has 0 saturated heterocycles. The van der Waals surface area contributed by atoms with E-state index < -0.39 is 0 Å². The minimum atomic E-state index is -0.184. The number of ether oxygens (including phenoxy) is 1. The van der Waals surface area contributed by atoms with Crippen LogP contribution >= 0.6 is 0 Å². The molecule has 2 rings (SSSR count). The Balaban J connectivity index is 2.25. The summed E-state index contributed by atoms with van der Waals surface area (Å²) in [7, 11) is 0. The van der Waals surface area contributed by atoms with Crippen molar-refractivity contribution in [3.63, 3.8) is 0 Å². The summed E-state index contributed by atoms with van der Waals surface area (Å²) in [5.74, 6) is 0.885. The van der Waals surface area contributed by atoms with Crippen LogP contribution in [-0.2, 0) is 6.42 Å². The zero-order chi connectivity index (χ0) is 15.5. The van der Waals surface area contributed by atoms with Crippen molar-refractivity contribution in [1.82, 2.24) is 0 Å². The Morgan fingerprint density at radius 2 is 2.14 bits per heavy atom. The lowest BCUT2D eigenvalue weighted by Gasteiger charge is -2.32. The third-order valence-corrected chi connectivity index (χ3v) is 3.29. The highest BCUT2D eigenvalue weighted by Crippen LogP contribution is 2.33. The SMILES string of the molecule is CC1(C)CCc2cc(C=N/C(C#N)=C(/N)C#N)ccc2O1. The lowest BCUT2D eigenvalue weighted by Crippen LogP contribution is -2.32. The lowest BCUT2D eigenvalue weighted by atomic mass is 9.93. The maximum Gasteiger partial charge on any atom is 0.174 e. The number of nitrogens with zero attached hydrogens (tertiary/aromatic N) is 3. The van der Waals surface area contributed by atoms with Crippen LogP contribution in [0.5, 0.6) is 5.75 Å². The van der Waals surface area contributed by atoms with E-state index in [4.69, 9.17) is 21.0 Å². The molecule has 0 spiro atoms. The van der Waals surface area contributed by atoms with Crippen LogP contribution < -0.4 is 10.5 Å². The Bertz CT molecular complexity index is 702. The van der Waals surface area contributed by atoms with Crippen molar-refractivity contribution in [1.29, 1.82) is 10.5 Å². The fourth-order valence-corrected chi connectivity index (χ4v) is 2.11. The van der Waals surface area contributed by atoms with Crippen LogP contribution in [0.2, 0.25) is 0 Å². The van der Waals surface area contributed by atoms with E-state index in [2.05, 4.69) is 18.8 Å². The molecule has 0 unspecified atom stereocenters. The monoisotopic (exact) mass is 280 g/mol. The molecule has 5 heteroatoms. The molecule has 0 aliphatic carbocycles. The summed E-state index contributed by atoms with van der Waals surface area (Å²) in [4.78, 5) is 3.97. The second-order valence-electron chi connectivity index (χ2n) is 5.47. The second-order valence-corrected chi connectivity index (χ2v) is 5.47. The molecule has 1 aromatic carbocycles. The minimum absolute atomic E-state index is 0.0763. The van der Waals surface area contributed by atoms with Crippen LogP contribution in [-0.4, -0.2) is 11.8 Å². The van der Waals surface area contributed by atoms with Crippen molar-refractivity contribution in [3.05, 3.63) is 40.7 Å². The van der Waals surface area contributed by atoms with Crippen LogP contribution in [0.1, 0.15) is 31.4 Å². The quantitative estimate of drug-likeness (QED) is 0.664. The van der Waals surface area contributed by atoms with Crippen LogP contribution in [0.15, 0.2) is 34.6 Å². The number of hydrogen-bond acceptors (Lipinski definition) is 5. The number of nitrogens with two attached hydrogens (primary N) is 1. The van der Waals surface area contributed by atoms with Gasteiger partial charge in [0, 0.05) is 6.21 Å². The third kappa shape index (κ3) is 3.40. The number of fused-ring (bicyclic) bond motifs is 1. The van der Waals surface area contributed by atoms with E-state index in [0.29, 0.717) is 0 Å². The predicted molar refractivity (Wildman–Crippen MR) is 79.5 cm³/mol. The number of benzene rings is 1. The van der Waals surface area contributed by atoms with Gasteiger partial charge >= 0.3 is 0 Å². The van der Waals surface area contributed by atoms with E-state index in [-0.39, 0.29) is 17.0 Å². The second kappa shape index (κ2) is 5.68. The largest absolute Gasteiger partial charge is 0.488 e. The maximum atomic E-state index is 8.88. The zero-order valence-electron chi connectivity index (χ0n) is 12.1.